The van der Waals surface area contributed by atoms with Crippen LogP contribution in [0.3, 0.4) is 0 Å². The Morgan fingerprint density at radius 1 is 1.36 bits per heavy atom. The standard InChI is InChI=1S/C9H19OP/c1-11(2)7-9(10)8-5-3-4-6-8/h8-10H,3-7H2,1-2H3/t9-/m1/s1. The molecule has 0 aromatic carbocycles. The molecule has 1 nitrogen and oxygen atoms in total. The Hall–Kier alpha value is 0.390. The molecule has 1 aliphatic rings. The molecule has 0 aromatic heterocycles. The van der Waals surface area contributed by atoms with E-state index in [1.165, 1.54) is 25.7 Å². The molecular weight excluding hydrogens is 155 g/mol. The van der Waals surface area contributed by atoms with Crippen LogP contribution in [0.2, 0.25) is 0 Å². The summed E-state index contributed by atoms with van der Waals surface area (Å²) >= 11 is 0. The Kier molecular flexibility index (Phi) is 3.81. The van der Waals surface area contributed by atoms with Gasteiger partial charge in [0.1, 0.15) is 0 Å². The average molecular weight is 174 g/mol. The predicted molar refractivity (Wildman–Crippen MR) is 51.6 cm³/mol. The van der Waals surface area contributed by atoms with E-state index in [4.69, 9.17) is 0 Å². The fourth-order valence-corrected chi connectivity index (χ4v) is 2.91. The number of hydrogen-bond donors (Lipinski definition) is 1. The average Bonchev–Trinajstić information content (AvgIpc) is 2.35. The van der Waals surface area contributed by atoms with E-state index in [0.717, 1.165) is 6.16 Å². The van der Waals surface area contributed by atoms with Gasteiger partial charge in [0.2, 0.25) is 0 Å². The van der Waals surface area contributed by atoms with Crippen molar-refractivity contribution in [2.75, 3.05) is 19.5 Å². The van der Waals surface area contributed by atoms with Gasteiger partial charge in [0, 0.05) is 0 Å². The van der Waals surface area contributed by atoms with E-state index in [1.54, 1.807) is 0 Å². The monoisotopic (exact) mass is 174 g/mol. The Morgan fingerprint density at radius 3 is 2.36 bits per heavy atom. The highest BCUT2D eigenvalue weighted by Gasteiger charge is 2.23. The van der Waals surface area contributed by atoms with Gasteiger partial charge < -0.3 is 5.11 Å². The molecule has 0 aromatic rings. The third-order valence-corrected chi connectivity index (χ3v) is 3.60. The van der Waals surface area contributed by atoms with Crippen LogP contribution in [0.15, 0.2) is 0 Å². The summed E-state index contributed by atoms with van der Waals surface area (Å²) in [7, 11) is 0.0940. The lowest BCUT2D eigenvalue weighted by Gasteiger charge is -2.19. The minimum absolute atomic E-state index is 0.0126. The zero-order valence-electron chi connectivity index (χ0n) is 7.58. The van der Waals surface area contributed by atoms with Crippen LogP contribution in [0.4, 0.5) is 0 Å². The molecule has 1 saturated carbocycles. The third-order valence-electron chi connectivity index (χ3n) is 2.50. The number of aliphatic hydroxyl groups excluding tert-OH is 1. The zero-order valence-corrected chi connectivity index (χ0v) is 8.48. The topological polar surface area (TPSA) is 20.2 Å². The Bertz CT molecular complexity index is 108. The van der Waals surface area contributed by atoms with Crippen LogP contribution in [0.1, 0.15) is 25.7 Å². The van der Waals surface area contributed by atoms with Crippen molar-refractivity contribution in [2.24, 2.45) is 5.92 Å². The quantitative estimate of drug-likeness (QED) is 0.651. The minimum atomic E-state index is 0.0126. The van der Waals surface area contributed by atoms with E-state index in [-0.39, 0.29) is 14.0 Å². The summed E-state index contributed by atoms with van der Waals surface area (Å²) in [6.45, 7) is 4.49. The second-order valence-corrected chi connectivity index (χ2v) is 6.40. The van der Waals surface area contributed by atoms with Crippen LogP contribution >= 0.6 is 7.92 Å². The van der Waals surface area contributed by atoms with Crippen molar-refractivity contribution < 1.29 is 5.11 Å². The fourth-order valence-electron chi connectivity index (χ4n) is 1.87. The van der Waals surface area contributed by atoms with Gasteiger partial charge in [0.25, 0.3) is 0 Å². The molecule has 1 atom stereocenters. The van der Waals surface area contributed by atoms with E-state index < -0.39 is 0 Å². The first-order chi connectivity index (χ1) is 5.20. The maximum absolute atomic E-state index is 9.74. The molecule has 0 heterocycles. The molecule has 1 N–H and O–H groups in total. The Morgan fingerprint density at radius 2 is 1.91 bits per heavy atom. The Labute approximate surface area is 70.9 Å². The summed E-state index contributed by atoms with van der Waals surface area (Å²) in [5.41, 5.74) is 0. The summed E-state index contributed by atoms with van der Waals surface area (Å²) in [6, 6.07) is 0. The predicted octanol–water partition coefficient (Wildman–Crippen LogP) is 2.28. The van der Waals surface area contributed by atoms with E-state index in [2.05, 4.69) is 13.3 Å². The van der Waals surface area contributed by atoms with Gasteiger partial charge in [-0.3, -0.25) is 0 Å². The molecule has 0 unspecified atom stereocenters. The zero-order chi connectivity index (χ0) is 8.27. The van der Waals surface area contributed by atoms with Gasteiger partial charge in [0.15, 0.2) is 0 Å². The lowest BCUT2D eigenvalue weighted by molar-refractivity contribution is 0.132. The highest BCUT2D eigenvalue weighted by molar-refractivity contribution is 7.56. The van der Waals surface area contributed by atoms with Crippen LogP contribution in [0.25, 0.3) is 0 Å². The van der Waals surface area contributed by atoms with E-state index in [1.807, 2.05) is 0 Å². The molecule has 0 radical (unpaired) electrons. The molecule has 1 rings (SSSR count). The second kappa shape index (κ2) is 4.42. The highest BCUT2D eigenvalue weighted by atomic mass is 31.1. The lowest BCUT2D eigenvalue weighted by Crippen LogP contribution is -2.20. The summed E-state index contributed by atoms with van der Waals surface area (Å²) in [5.74, 6) is 0.639. The van der Waals surface area contributed by atoms with E-state index in [9.17, 15) is 5.11 Å². The first kappa shape index (κ1) is 9.48. The molecule has 1 aliphatic carbocycles. The van der Waals surface area contributed by atoms with Crippen molar-refractivity contribution in [3.05, 3.63) is 0 Å². The number of aliphatic hydroxyl groups is 1. The SMILES string of the molecule is CP(C)C[C@@H](O)C1CCCC1. The van der Waals surface area contributed by atoms with Crippen molar-refractivity contribution in [3.63, 3.8) is 0 Å². The molecule has 66 valence electrons. The first-order valence-corrected chi connectivity index (χ1v) is 6.95. The summed E-state index contributed by atoms with van der Waals surface area (Å²) in [6.07, 6.45) is 6.29. The van der Waals surface area contributed by atoms with Crippen molar-refractivity contribution in [3.8, 4) is 0 Å². The number of hydrogen-bond acceptors (Lipinski definition) is 1. The highest BCUT2D eigenvalue weighted by Crippen LogP contribution is 2.33. The molecule has 0 aliphatic heterocycles. The van der Waals surface area contributed by atoms with Crippen molar-refractivity contribution in [1.29, 1.82) is 0 Å². The minimum Gasteiger partial charge on any atom is -0.392 e. The number of rotatable bonds is 3. The molecule has 0 bridgehead atoms. The molecular formula is C9H19OP. The smallest absolute Gasteiger partial charge is 0.0607 e. The van der Waals surface area contributed by atoms with Gasteiger partial charge in [-0.1, -0.05) is 12.8 Å². The molecule has 0 saturated heterocycles. The maximum Gasteiger partial charge on any atom is 0.0607 e. The molecule has 11 heavy (non-hydrogen) atoms. The van der Waals surface area contributed by atoms with Gasteiger partial charge in [-0.05, 0) is 38.3 Å². The summed E-state index contributed by atoms with van der Waals surface area (Å²) < 4.78 is 0. The van der Waals surface area contributed by atoms with Gasteiger partial charge >= 0.3 is 0 Å². The molecule has 0 spiro atoms. The van der Waals surface area contributed by atoms with E-state index >= 15 is 0 Å². The molecule has 2 heteroatoms. The van der Waals surface area contributed by atoms with Crippen LogP contribution in [0.5, 0.6) is 0 Å². The summed E-state index contributed by atoms with van der Waals surface area (Å²) in [5, 5.41) is 9.74. The van der Waals surface area contributed by atoms with Crippen molar-refractivity contribution in [2.45, 2.75) is 31.8 Å². The van der Waals surface area contributed by atoms with Crippen LogP contribution in [-0.4, -0.2) is 30.7 Å². The van der Waals surface area contributed by atoms with Gasteiger partial charge in [-0.15, -0.1) is 7.92 Å². The third kappa shape index (κ3) is 3.09. The molecule has 0 amide bonds. The van der Waals surface area contributed by atoms with Crippen LogP contribution in [0, 0.1) is 5.92 Å². The summed E-state index contributed by atoms with van der Waals surface area (Å²) in [4.78, 5) is 0. The maximum atomic E-state index is 9.74. The van der Waals surface area contributed by atoms with Crippen molar-refractivity contribution in [1.82, 2.24) is 0 Å². The largest absolute Gasteiger partial charge is 0.392 e. The Balaban J connectivity index is 2.22. The second-order valence-electron chi connectivity index (χ2n) is 3.87. The van der Waals surface area contributed by atoms with Crippen molar-refractivity contribution >= 4 is 7.92 Å². The van der Waals surface area contributed by atoms with Gasteiger partial charge in [-0.2, -0.15) is 0 Å². The van der Waals surface area contributed by atoms with E-state index in [0.29, 0.717) is 5.92 Å². The first-order valence-electron chi connectivity index (χ1n) is 4.53. The van der Waals surface area contributed by atoms with Crippen LogP contribution < -0.4 is 0 Å². The molecule has 1 fully saturated rings. The normalized spacial score (nSPS) is 22.9. The van der Waals surface area contributed by atoms with Gasteiger partial charge in [-0.25, -0.2) is 0 Å². The van der Waals surface area contributed by atoms with Gasteiger partial charge in [0.05, 0.1) is 6.10 Å². The van der Waals surface area contributed by atoms with Crippen LogP contribution in [-0.2, 0) is 0 Å². The fraction of sp³-hybridized carbons (Fsp3) is 1.00. The lowest BCUT2D eigenvalue weighted by atomic mass is 10.0.